The van der Waals surface area contributed by atoms with Crippen molar-refractivity contribution in [1.29, 1.82) is 0 Å². The van der Waals surface area contributed by atoms with E-state index in [1.54, 1.807) is 0 Å². The van der Waals surface area contributed by atoms with Gasteiger partial charge < -0.3 is 10.1 Å². The van der Waals surface area contributed by atoms with Crippen LogP contribution in [0.1, 0.15) is 46.0 Å². The number of rotatable bonds is 4. The van der Waals surface area contributed by atoms with Crippen molar-refractivity contribution < 1.29 is 4.74 Å². The van der Waals surface area contributed by atoms with Gasteiger partial charge in [-0.2, -0.15) is 0 Å². The summed E-state index contributed by atoms with van der Waals surface area (Å²) < 4.78 is 5.90. The Kier molecular flexibility index (Phi) is 2.52. The molecule has 2 bridgehead atoms. The summed E-state index contributed by atoms with van der Waals surface area (Å²) in [5.74, 6) is 1.74. The number of ether oxygens (including phenoxy) is 1. The minimum Gasteiger partial charge on any atom is -0.373 e. The van der Waals surface area contributed by atoms with Crippen molar-refractivity contribution in [3.05, 3.63) is 0 Å². The van der Waals surface area contributed by atoms with Gasteiger partial charge in [0.1, 0.15) is 0 Å². The molecule has 3 rings (SSSR count). The van der Waals surface area contributed by atoms with E-state index in [0.29, 0.717) is 18.2 Å². The van der Waals surface area contributed by atoms with Crippen LogP contribution in [0.15, 0.2) is 0 Å². The van der Waals surface area contributed by atoms with E-state index in [4.69, 9.17) is 4.74 Å². The Morgan fingerprint density at radius 3 is 2.40 bits per heavy atom. The second-order valence-corrected chi connectivity index (χ2v) is 5.99. The molecule has 3 aliphatic rings. The average molecular weight is 209 g/mol. The van der Waals surface area contributed by atoms with Gasteiger partial charge in [0, 0.05) is 12.1 Å². The number of fused-ring (bicyclic) bond motifs is 2. The van der Waals surface area contributed by atoms with Gasteiger partial charge in [0.25, 0.3) is 0 Å². The Bertz CT molecular complexity index is 235. The highest BCUT2D eigenvalue weighted by Gasteiger charge is 2.43. The Labute approximate surface area is 92.8 Å². The molecule has 2 nitrogen and oxygen atoms in total. The van der Waals surface area contributed by atoms with Gasteiger partial charge in [0.05, 0.1) is 12.2 Å². The van der Waals surface area contributed by atoms with E-state index in [2.05, 4.69) is 19.2 Å². The number of hydrogen-bond donors (Lipinski definition) is 1. The largest absolute Gasteiger partial charge is 0.373 e. The van der Waals surface area contributed by atoms with Crippen LogP contribution in [0.3, 0.4) is 0 Å². The molecule has 1 aliphatic carbocycles. The molecular formula is C13H23NO. The van der Waals surface area contributed by atoms with Crippen molar-refractivity contribution in [2.45, 2.75) is 70.2 Å². The molecule has 4 unspecified atom stereocenters. The van der Waals surface area contributed by atoms with Gasteiger partial charge in [-0.1, -0.05) is 13.8 Å². The molecule has 0 aromatic carbocycles. The van der Waals surface area contributed by atoms with Crippen LogP contribution in [0.2, 0.25) is 0 Å². The zero-order valence-corrected chi connectivity index (χ0v) is 9.91. The van der Waals surface area contributed by atoms with E-state index in [1.165, 1.54) is 32.1 Å². The van der Waals surface area contributed by atoms with Crippen molar-refractivity contribution in [2.24, 2.45) is 11.8 Å². The Morgan fingerprint density at radius 2 is 1.93 bits per heavy atom. The highest BCUT2D eigenvalue weighted by atomic mass is 16.5. The minimum absolute atomic E-state index is 0.537. The van der Waals surface area contributed by atoms with Crippen LogP contribution in [-0.2, 0) is 4.74 Å². The number of nitrogens with one attached hydrogen (secondary N) is 1. The summed E-state index contributed by atoms with van der Waals surface area (Å²) in [6.07, 6.45) is 7.86. The molecule has 1 saturated carbocycles. The van der Waals surface area contributed by atoms with Gasteiger partial charge in [0.2, 0.25) is 0 Å². The van der Waals surface area contributed by atoms with Crippen LogP contribution >= 0.6 is 0 Å². The first-order valence-corrected chi connectivity index (χ1v) is 6.65. The van der Waals surface area contributed by atoms with Crippen molar-refractivity contribution in [2.75, 3.05) is 0 Å². The van der Waals surface area contributed by atoms with Gasteiger partial charge in [0.15, 0.2) is 0 Å². The lowest BCUT2D eigenvalue weighted by atomic mass is 9.92. The first-order chi connectivity index (χ1) is 7.24. The average Bonchev–Trinajstić information content (AvgIpc) is 2.83. The third kappa shape index (κ3) is 1.94. The number of hydrogen-bond acceptors (Lipinski definition) is 2. The van der Waals surface area contributed by atoms with Crippen molar-refractivity contribution in [3.63, 3.8) is 0 Å². The van der Waals surface area contributed by atoms with Gasteiger partial charge in [-0.15, -0.1) is 0 Å². The van der Waals surface area contributed by atoms with Gasteiger partial charge in [-0.3, -0.25) is 0 Å². The summed E-state index contributed by atoms with van der Waals surface area (Å²) in [5, 5.41) is 3.88. The summed E-state index contributed by atoms with van der Waals surface area (Å²) in [4.78, 5) is 0. The Balaban J connectivity index is 1.59. The van der Waals surface area contributed by atoms with Crippen LogP contribution in [0.4, 0.5) is 0 Å². The lowest BCUT2D eigenvalue weighted by Gasteiger charge is -2.29. The maximum atomic E-state index is 5.90. The third-order valence-corrected chi connectivity index (χ3v) is 4.36. The molecular weight excluding hydrogens is 186 g/mol. The Morgan fingerprint density at radius 1 is 1.13 bits per heavy atom. The quantitative estimate of drug-likeness (QED) is 0.767. The maximum absolute atomic E-state index is 5.90. The molecule has 86 valence electrons. The molecule has 2 aliphatic heterocycles. The summed E-state index contributed by atoms with van der Waals surface area (Å²) in [5.41, 5.74) is 0. The van der Waals surface area contributed by atoms with Crippen molar-refractivity contribution in [1.82, 2.24) is 5.32 Å². The first kappa shape index (κ1) is 10.1. The first-order valence-electron chi connectivity index (χ1n) is 6.65. The highest BCUT2D eigenvalue weighted by Crippen LogP contribution is 2.39. The maximum Gasteiger partial charge on any atom is 0.0733 e. The molecule has 15 heavy (non-hydrogen) atoms. The zero-order chi connectivity index (χ0) is 10.4. The second kappa shape index (κ2) is 3.74. The fraction of sp³-hybridized carbons (Fsp3) is 1.00. The monoisotopic (exact) mass is 209 g/mol. The molecule has 0 spiro atoms. The van der Waals surface area contributed by atoms with E-state index in [-0.39, 0.29) is 0 Å². The third-order valence-electron chi connectivity index (χ3n) is 4.36. The predicted molar refractivity (Wildman–Crippen MR) is 60.8 cm³/mol. The smallest absolute Gasteiger partial charge is 0.0733 e. The lowest BCUT2D eigenvalue weighted by Crippen LogP contribution is -2.47. The van der Waals surface area contributed by atoms with Gasteiger partial charge >= 0.3 is 0 Å². The predicted octanol–water partition coefficient (Wildman–Crippen LogP) is 2.33. The lowest BCUT2D eigenvalue weighted by molar-refractivity contribution is 0.0943. The van der Waals surface area contributed by atoms with Crippen molar-refractivity contribution >= 4 is 0 Å². The van der Waals surface area contributed by atoms with E-state index in [9.17, 15) is 0 Å². The van der Waals surface area contributed by atoms with E-state index in [0.717, 1.165) is 17.9 Å². The Hall–Kier alpha value is -0.0800. The van der Waals surface area contributed by atoms with E-state index >= 15 is 0 Å². The second-order valence-electron chi connectivity index (χ2n) is 5.99. The van der Waals surface area contributed by atoms with Gasteiger partial charge in [-0.05, 0) is 43.9 Å². The van der Waals surface area contributed by atoms with Crippen LogP contribution in [0.25, 0.3) is 0 Å². The molecule has 0 aromatic rings. The summed E-state index contributed by atoms with van der Waals surface area (Å²) in [6.45, 7) is 4.70. The molecule has 2 heteroatoms. The molecule has 2 heterocycles. The fourth-order valence-corrected chi connectivity index (χ4v) is 3.39. The SMILES string of the molecule is CC(C)C(NC1CC2CCC1O2)C1CC1. The molecule has 2 saturated heterocycles. The topological polar surface area (TPSA) is 21.3 Å². The van der Waals surface area contributed by atoms with E-state index in [1.807, 2.05) is 0 Å². The van der Waals surface area contributed by atoms with Gasteiger partial charge in [-0.25, -0.2) is 0 Å². The molecule has 0 amide bonds. The standard InChI is InChI=1S/C13H23NO/c1-8(2)13(9-3-4-9)14-11-7-10-5-6-12(11)15-10/h8-14H,3-7H2,1-2H3. The molecule has 4 atom stereocenters. The van der Waals surface area contributed by atoms with Crippen LogP contribution in [0, 0.1) is 11.8 Å². The summed E-state index contributed by atoms with van der Waals surface area (Å²) in [6, 6.07) is 1.41. The zero-order valence-electron chi connectivity index (χ0n) is 9.91. The molecule has 0 radical (unpaired) electrons. The summed E-state index contributed by atoms with van der Waals surface area (Å²) in [7, 11) is 0. The fourth-order valence-electron chi connectivity index (χ4n) is 3.39. The summed E-state index contributed by atoms with van der Waals surface area (Å²) >= 11 is 0. The normalized spacial score (nSPS) is 41.4. The van der Waals surface area contributed by atoms with Crippen LogP contribution in [-0.4, -0.2) is 24.3 Å². The molecule has 1 N–H and O–H groups in total. The van der Waals surface area contributed by atoms with Crippen LogP contribution in [0.5, 0.6) is 0 Å². The van der Waals surface area contributed by atoms with Crippen LogP contribution < -0.4 is 5.32 Å². The molecule has 3 fully saturated rings. The minimum atomic E-state index is 0.537. The van der Waals surface area contributed by atoms with Crippen molar-refractivity contribution in [3.8, 4) is 0 Å². The highest BCUT2D eigenvalue weighted by molar-refractivity contribution is 4.98. The van der Waals surface area contributed by atoms with E-state index < -0.39 is 0 Å². The molecule has 0 aromatic heterocycles.